The van der Waals surface area contributed by atoms with Gasteiger partial charge >= 0.3 is 5.97 Å². The largest absolute Gasteiger partial charge is 0.478 e. The van der Waals surface area contributed by atoms with E-state index in [1.165, 1.54) is 25.1 Å². The number of carbonyl (C=O) groups is 1. The van der Waals surface area contributed by atoms with Crippen LogP contribution in [0.3, 0.4) is 0 Å². The molecular formula is C18H20BrFN2O3. The van der Waals surface area contributed by atoms with Crippen molar-refractivity contribution in [2.75, 3.05) is 0 Å². The summed E-state index contributed by atoms with van der Waals surface area (Å²) in [5.41, 5.74) is 3.45. The van der Waals surface area contributed by atoms with Crippen LogP contribution in [-0.4, -0.2) is 23.1 Å². The summed E-state index contributed by atoms with van der Waals surface area (Å²) >= 11 is 3.20. The lowest BCUT2D eigenvalue weighted by Crippen LogP contribution is -2.19. The molecule has 0 aromatic heterocycles. The third-order valence-corrected chi connectivity index (χ3v) is 3.28. The Morgan fingerprint density at radius 1 is 1.44 bits per heavy atom. The molecule has 1 unspecified atom stereocenters. The molecule has 2 N–H and O–H groups in total. The number of amidine groups is 1. The van der Waals surface area contributed by atoms with Crippen LogP contribution in [0.2, 0.25) is 0 Å². The van der Waals surface area contributed by atoms with Crippen molar-refractivity contribution in [3.8, 4) is 0 Å². The van der Waals surface area contributed by atoms with E-state index in [0.29, 0.717) is 15.9 Å². The van der Waals surface area contributed by atoms with Gasteiger partial charge in [0.05, 0.1) is 11.4 Å². The Morgan fingerprint density at radius 2 is 2.16 bits per heavy atom. The van der Waals surface area contributed by atoms with Gasteiger partial charge in [-0.25, -0.2) is 24.5 Å². The first-order valence-corrected chi connectivity index (χ1v) is 8.46. The second-order valence-corrected chi connectivity index (χ2v) is 5.56. The zero-order valence-corrected chi connectivity index (χ0v) is 15.7. The minimum absolute atomic E-state index is 0.172. The average molecular weight is 411 g/mol. The third-order valence-electron chi connectivity index (χ3n) is 2.78. The molecule has 1 aliphatic rings. The van der Waals surface area contributed by atoms with Gasteiger partial charge in [-0.1, -0.05) is 48.0 Å². The maximum Gasteiger partial charge on any atom is 0.335 e. The van der Waals surface area contributed by atoms with E-state index in [0.717, 1.165) is 0 Å². The molecular weight excluding hydrogens is 391 g/mol. The maximum atomic E-state index is 12.7. The summed E-state index contributed by atoms with van der Waals surface area (Å²) in [7, 11) is 0. The maximum absolute atomic E-state index is 12.7. The molecule has 0 aliphatic carbocycles. The van der Waals surface area contributed by atoms with Crippen molar-refractivity contribution in [3.05, 3.63) is 70.0 Å². The van der Waals surface area contributed by atoms with Gasteiger partial charge in [-0.3, -0.25) is 0 Å². The number of allylic oxidation sites excluding steroid dienone is 5. The van der Waals surface area contributed by atoms with E-state index in [2.05, 4.69) is 26.4 Å². The molecule has 5 nitrogen and oxygen atoms in total. The number of hydroxylamine groups is 1. The number of nitrogens with one attached hydrogen (secondary N) is 1. The molecule has 7 heteroatoms. The zero-order valence-electron chi connectivity index (χ0n) is 14.2. The molecule has 0 saturated carbocycles. The van der Waals surface area contributed by atoms with E-state index in [9.17, 15) is 9.18 Å². The predicted molar refractivity (Wildman–Crippen MR) is 100 cm³/mol. The molecule has 25 heavy (non-hydrogen) atoms. The molecule has 0 amide bonds. The van der Waals surface area contributed by atoms with Crippen molar-refractivity contribution in [1.82, 2.24) is 5.48 Å². The highest BCUT2D eigenvalue weighted by Gasteiger charge is 2.17. The number of benzene rings is 1. The topological polar surface area (TPSA) is 70.9 Å². The van der Waals surface area contributed by atoms with Gasteiger partial charge in [-0.05, 0) is 37.3 Å². The first-order chi connectivity index (χ1) is 12.0. The molecule has 0 saturated heterocycles. The second-order valence-electron chi connectivity index (χ2n) is 4.64. The lowest BCUT2D eigenvalue weighted by molar-refractivity contribution is 0.0676. The SMILES string of the molecule is CC.C\C(F)=C/C(Br)=C\C=C\C1N=C(c2cccc(C(=O)O)c2)NO1. The normalized spacial score (nSPS) is 17.6. The number of rotatable bonds is 5. The Kier molecular flexibility index (Phi) is 8.80. The number of halogens is 2. The van der Waals surface area contributed by atoms with Crippen LogP contribution in [0.15, 0.2) is 63.9 Å². The second kappa shape index (κ2) is 10.6. The van der Waals surface area contributed by atoms with Gasteiger partial charge in [0.25, 0.3) is 0 Å². The number of aromatic carboxylic acids is 1. The molecule has 0 radical (unpaired) electrons. The molecule has 0 fully saturated rings. The molecule has 0 bridgehead atoms. The van der Waals surface area contributed by atoms with Crippen LogP contribution in [0.25, 0.3) is 0 Å². The van der Waals surface area contributed by atoms with Crippen molar-refractivity contribution in [2.24, 2.45) is 4.99 Å². The van der Waals surface area contributed by atoms with E-state index in [4.69, 9.17) is 9.94 Å². The van der Waals surface area contributed by atoms with Crippen LogP contribution in [0.5, 0.6) is 0 Å². The highest BCUT2D eigenvalue weighted by molar-refractivity contribution is 9.11. The van der Waals surface area contributed by atoms with Crippen LogP contribution in [0.1, 0.15) is 36.7 Å². The summed E-state index contributed by atoms with van der Waals surface area (Å²) in [4.78, 5) is 20.5. The lowest BCUT2D eigenvalue weighted by atomic mass is 10.1. The number of carboxylic acid groups (broad SMARTS) is 1. The Balaban J connectivity index is 0.00000151. The van der Waals surface area contributed by atoms with E-state index in [1.807, 2.05) is 13.8 Å². The quantitative estimate of drug-likeness (QED) is 0.688. The van der Waals surface area contributed by atoms with Gasteiger partial charge < -0.3 is 5.11 Å². The van der Waals surface area contributed by atoms with Gasteiger partial charge in [0.15, 0.2) is 12.1 Å². The molecule has 0 spiro atoms. The fourth-order valence-corrected chi connectivity index (χ4v) is 2.26. The standard InChI is InChI=1S/C16H14BrFN2O3.C2H6/c1-10(18)8-13(17)6-3-7-14-19-15(20-23-14)11-4-2-5-12(9-11)16(21)22;1-2/h2-9,14H,1H3,(H,19,20)(H,21,22);1-2H3/b7-3+,10-8+,13-6+;. The van der Waals surface area contributed by atoms with Gasteiger partial charge in [0.1, 0.15) is 0 Å². The average Bonchev–Trinajstić information content (AvgIpc) is 3.05. The Bertz CT molecular complexity index is 723. The van der Waals surface area contributed by atoms with Crippen molar-refractivity contribution < 1.29 is 19.1 Å². The van der Waals surface area contributed by atoms with E-state index in [-0.39, 0.29) is 11.4 Å². The summed E-state index contributed by atoms with van der Waals surface area (Å²) < 4.78 is 13.3. The number of aliphatic imine (C=N–C) groups is 1. The summed E-state index contributed by atoms with van der Waals surface area (Å²) in [6, 6.07) is 6.38. The molecule has 1 atom stereocenters. The Hall–Kier alpha value is -2.25. The smallest absolute Gasteiger partial charge is 0.335 e. The van der Waals surface area contributed by atoms with Crippen LogP contribution < -0.4 is 5.48 Å². The first kappa shape index (κ1) is 20.8. The molecule has 1 aromatic carbocycles. The molecule has 2 rings (SSSR count). The highest BCUT2D eigenvalue weighted by Crippen LogP contribution is 2.13. The Labute approximate surface area is 154 Å². The number of hydrogen-bond donors (Lipinski definition) is 2. The lowest BCUT2D eigenvalue weighted by Gasteiger charge is -2.01. The van der Waals surface area contributed by atoms with Crippen molar-refractivity contribution in [1.29, 1.82) is 0 Å². The summed E-state index contributed by atoms with van der Waals surface area (Å²) in [6.07, 6.45) is 5.79. The summed E-state index contributed by atoms with van der Waals surface area (Å²) in [6.45, 7) is 5.35. The number of carboxylic acids is 1. The molecule has 1 heterocycles. The van der Waals surface area contributed by atoms with E-state index < -0.39 is 12.2 Å². The monoisotopic (exact) mass is 410 g/mol. The number of hydrogen-bond acceptors (Lipinski definition) is 4. The van der Waals surface area contributed by atoms with Crippen molar-refractivity contribution in [3.63, 3.8) is 0 Å². The van der Waals surface area contributed by atoms with Crippen molar-refractivity contribution >= 4 is 27.7 Å². The van der Waals surface area contributed by atoms with E-state index in [1.54, 1.807) is 30.4 Å². The zero-order chi connectivity index (χ0) is 18.8. The van der Waals surface area contributed by atoms with Crippen LogP contribution in [-0.2, 0) is 4.84 Å². The van der Waals surface area contributed by atoms with Crippen LogP contribution >= 0.6 is 15.9 Å². The van der Waals surface area contributed by atoms with Crippen LogP contribution in [0, 0.1) is 0 Å². The summed E-state index contributed by atoms with van der Waals surface area (Å²) in [5, 5.41) is 8.99. The van der Waals surface area contributed by atoms with E-state index >= 15 is 0 Å². The highest BCUT2D eigenvalue weighted by atomic mass is 79.9. The van der Waals surface area contributed by atoms with Crippen LogP contribution in [0.4, 0.5) is 4.39 Å². The van der Waals surface area contributed by atoms with Crippen molar-refractivity contribution in [2.45, 2.75) is 27.0 Å². The Morgan fingerprint density at radius 3 is 2.80 bits per heavy atom. The minimum Gasteiger partial charge on any atom is -0.478 e. The van der Waals surface area contributed by atoms with Gasteiger partial charge in [0, 0.05) is 10.0 Å². The minimum atomic E-state index is -1.01. The number of nitrogens with zero attached hydrogens (tertiary/aromatic N) is 1. The fraction of sp³-hybridized carbons (Fsp3) is 0.222. The molecule has 134 valence electrons. The summed E-state index contributed by atoms with van der Waals surface area (Å²) in [5.74, 6) is -0.863. The van der Waals surface area contributed by atoms with Gasteiger partial charge in [-0.2, -0.15) is 0 Å². The van der Waals surface area contributed by atoms with Gasteiger partial charge in [0.2, 0.25) is 0 Å². The fourth-order valence-electron chi connectivity index (χ4n) is 1.79. The predicted octanol–water partition coefficient (Wildman–Crippen LogP) is 4.73. The van der Waals surface area contributed by atoms with Gasteiger partial charge in [-0.15, -0.1) is 0 Å². The first-order valence-electron chi connectivity index (χ1n) is 7.66. The molecule has 1 aromatic rings. The third kappa shape index (κ3) is 7.03. The molecule has 1 aliphatic heterocycles.